The van der Waals surface area contributed by atoms with Crippen LogP contribution in [0.2, 0.25) is 0 Å². The van der Waals surface area contributed by atoms with Gasteiger partial charge in [-0.25, -0.2) is 4.79 Å². The van der Waals surface area contributed by atoms with E-state index in [2.05, 4.69) is 5.32 Å². The molecule has 4 nitrogen and oxygen atoms in total. The summed E-state index contributed by atoms with van der Waals surface area (Å²) in [6, 6.07) is 7.91. The van der Waals surface area contributed by atoms with Gasteiger partial charge in [0.25, 0.3) is 0 Å². The fourth-order valence-electron chi connectivity index (χ4n) is 3.32. The molecular formula is C26H27F6NO3. The summed E-state index contributed by atoms with van der Waals surface area (Å²) in [5, 5.41) is 2.62. The molecule has 0 heterocycles. The van der Waals surface area contributed by atoms with Gasteiger partial charge < -0.3 is 10.1 Å². The number of rotatable bonds is 7. The molecule has 0 saturated carbocycles. The summed E-state index contributed by atoms with van der Waals surface area (Å²) in [5.41, 5.74) is -0.425. The Morgan fingerprint density at radius 3 is 2.22 bits per heavy atom. The maximum absolute atomic E-state index is 13.6. The molecule has 0 fully saturated rings. The van der Waals surface area contributed by atoms with Crippen molar-refractivity contribution in [2.75, 3.05) is 0 Å². The van der Waals surface area contributed by atoms with E-state index >= 15 is 0 Å². The minimum atomic E-state index is -4.91. The Kier molecular flexibility index (Phi) is 8.98. The Hall–Kier alpha value is -3.30. The van der Waals surface area contributed by atoms with Crippen LogP contribution in [0.1, 0.15) is 60.9 Å². The van der Waals surface area contributed by atoms with Gasteiger partial charge in [0.1, 0.15) is 5.60 Å². The van der Waals surface area contributed by atoms with Gasteiger partial charge in [0.05, 0.1) is 11.5 Å². The van der Waals surface area contributed by atoms with Gasteiger partial charge in [0.15, 0.2) is 5.78 Å². The standard InChI is InChI=1S/C26H27F6NO3/c1-16-12-17(8-10-19(16)15-33-23(35)36-24(2,3)4)9-11-21(34)14-22(26(30,31)32)18-6-5-7-20(13-18)25(27,28)29/h5-13,22H,14-15H2,1-4H3,(H,33,35)/b11-9+. The molecule has 0 radical (unpaired) electrons. The molecule has 0 aliphatic carbocycles. The molecule has 0 aromatic heterocycles. The third-order valence-corrected chi connectivity index (χ3v) is 5.07. The predicted octanol–water partition coefficient (Wildman–Crippen LogP) is 7.36. The molecule has 2 aromatic carbocycles. The van der Waals surface area contributed by atoms with Crippen molar-refractivity contribution in [2.45, 2.75) is 64.5 Å². The number of allylic oxidation sites excluding steroid dienone is 1. The summed E-state index contributed by atoms with van der Waals surface area (Å²) in [6.07, 6.45) is -9.02. The lowest BCUT2D eigenvalue weighted by molar-refractivity contribution is -0.156. The maximum atomic E-state index is 13.6. The van der Waals surface area contributed by atoms with Crippen molar-refractivity contribution < 1.29 is 40.7 Å². The van der Waals surface area contributed by atoms with Gasteiger partial charge in [0, 0.05) is 13.0 Å². The molecule has 2 aromatic rings. The molecule has 0 spiro atoms. The number of alkyl carbamates (subject to hydrolysis) is 1. The number of benzene rings is 2. The molecule has 10 heteroatoms. The van der Waals surface area contributed by atoms with Gasteiger partial charge in [-0.05, 0) is 62.1 Å². The number of halogens is 6. The monoisotopic (exact) mass is 515 g/mol. The molecule has 0 aliphatic rings. The van der Waals surface area contributed by atoms with E-state index in [0.717, 1.165) is 29.3 Å². The van der Waals surface area contributed by atoms with Crippen molar-refractivity contribution in [3.05, 3.63) is 76.4 Å². The number of carbonyl (C=O) groups excluding carboxylic acids is 2. The van der Waals surface area contributed by atoms with Gasteiger partial charge >= 0.3 is 18.4 Å². The van der Waals surface area contributed by atoms with E-state index < -0.39 is 53.3 Å². The molecule has 196 valence electrons. The topological polar surface area (TPSA) is 55.4 Å². The van der Waals surface area contributed by atoms with Crippen LogP contribution in [0.15, 0.2) is 48.5 Å². The second-order valence-electron chi connectivity index (χ2n) is 9.26. The van der Waals surface area contributed by atoms with E-state index in [0.29, 0.717) is 17.7 Å². The smallest absolute Gasteiger partial charge is 0.416 e. The fourth-order valence-corrected chi connectivity index (χ4v) is 3.32. The van der Waals surface area contributed by atoms with Crippen molar-refractivity contribution in [1.29, 1.82) is 0 Å². The first-order valence-electron chi connectivity index (χ1n) is 11.0. The zero-order chi connectivity index (χ0) is 27.3. The molecule has 1 amide bonds. The van der Waals surface area contributed by atoms with Gasteiger partial charge in [-0.3, -0.25) is 4.79 Å². The highest BCUT2D eigenvalue weighted by Gasteiger charge is 2.42. The number of carbonyl (C=O) groups is 2. The van der Waals surface area contributed by atoms with E-state index in [1.807, 2.05) is 0 Å². The van der Waals surface area contributed by atoms with Crippen LogP contribution >= 0.6 is 0 Å². The average molecular weight is 515 g/mol. The number of ether oxygens (including phenoxy) is 1. The summed E-state index contributed by atoms with van der Waals surface area (Å²) in [4.78, 5) is 24.1. The minimum absolute atomic E-state index is 0.188. The van der Waals surface area contributed by atoms with Gasteiger partial charge in [-0.15, -0.1) is 0 Å². The van der Waals surface area contributed by atoms with Crippen molar-refractivity contribution >= 4 is 18.0 Å². The van der Waals surface area contributed by atoms with E-state index in [1.165, 1.54) is 6.08 Å². The first kappa shape index (κ1) is 28.9. The Bertz CT molecular complexity index is 1110. The number of hydrogen-bond donors (Lipinski definition) is 1. The van der Waals surface area contributed by atoms with Crippen LogP contribution in [-0.4, -0.2) is 23.7 Å². The van der Waals surface area contributed by atoms with Gasteiger partial charge in [-0.1, -0.05) is 42.5 Å². The summed E-state index contributed by atoms with van der Waals surface area (Å²) < 4.78 is 84.7. The van der Waals surface area contributed by atoms with Crippen LogP contribution in [0.3, 0.4) is 0 Å². The highest BCUT2D eigenvalue weighted by Crippen LogP contribution is 2.40. The van der Waals surface area contributed by atoms with Crippen LogP contribution in [0, 0.1) is 6.92 Å². The number of alkyl halides is 6. The summed E-state index contributed by atoms with van der Waals surface area (Å²) in [5.74, 6) is -3.26. The summed E-state index contributed by atoms with van der Waals surface area (Å²) in [7, 11) is 0. The Labute approximate surface area is 205 Å². The zero-order valence-corrected chi connectivity index (χ0v) is 20.2. The molecule has 1 N–H and O–H groups in total. The van der Waals surface area contributed by atoms with Gasteiger partial charge in [0.2, 0.25) is 0 Å². The average Bonchev–Trinajstić information content (AvgIpc) is 2.73. The summed E-state index contributed by atoms with van der Waals surface area (Å²) in [6.45, 7) is 7.15. The van der Waals surface area contributed by atoms with Crippen molar-refractivity contribution in [3.8, 4) is 0 Å². The third kappa shape index (κ3) is 9.05. The lowest BCUT2D eigenvalue weighted by Gasteiger charge is -2.20. The highest BCUT2D eigenvalue weighted by molar-refractivity contribution is 5.94. The first-order valence-corrected chi connectivity index (χ1v) is 11.0. The number of nitrogens with one attached hydrogen (secondary N) is 1. The van der Waals surface area contributed by atoms with Crippen LogP contribution in [0.25, 0.3) is 6.08 Å². The number of amides is 1. The van der Waals surface area contributed by atoms with Crippen LogP contribution in [0.5, 0.6) is 0 Å². The highest BCUT2D eigenvalue weighted by atomic mass is 19.4. The van der Waals surface area contributed by atoms with Crippen molar-refractivity contribution in [3.63, 3.8) is 0 Å². The van der Waals surface area contributed by atoms with E-state index in [9.17, 15) is 35.9 Å². The second-order valence-corrected chi connectivity index (χ2v) is 9.26. The molecule has 0 saturated heterocycles. The van der Waals surface area contributed by atoms with Crippen molar-refractivity contribution in [2.24, 2.45) is 0 Å². The van der Waals surface area contributed by atoms with E-state index in [-0.39, 0.29) is 6.54 Å². The van der Waals surface area contributed by atoms with Crippen LogP contribution in [0.4, 0.5) is 31.1 Å². The predicted molar refractivity (Wildman–Crippen MR) is 123 cm³/mol. The number of ketones is 1. The lowest BCUT2D eigenvalue weighted by Crippen LogP contribution is -2.32. The Morgan fingerprint density at radius 2 is 1.67 bits per heavy atom. The second kappa shape index (κ2) is 11.2. The molecule has 0 aliphatic heterocycles. The fraction of sp³-hybridized carbons (Fsp3) is 0.385. The molecule has 0 bridgehead atoms. The maximum Gasteiger partial charge on any atom is 0.416 e. The van der Waals surface area contributed by atoms with Crippen LogP contribution < -0.4 is 5.32 Å². The largest absolute Gasteiger partial charge is 0.444 e. The Morgan fingerprint density at radius 1 is 1.00 bits per heavy atom. The van der Waals surface area contributed by atoms with E-state index in [1.54, 1.807) is 45.9 Å². The number of aryl methyl sites for hydroxylation is 1. The SMILES string of the molecule is Cc1cc(/C=C/C(=O)CC(c2cccc(C(F)(F)F)c2)C(F)(F)F)ccc1CNC(=O)OC(C)(C)C. The van der Waals surface area contributed by atoms with E-state index in [4.69, 9.17) is 4.74 Å². The Balaban J connectivity index is 2.10. The molecule has 1 atom stereocenters. The van der Waals surface area contributed by atoms with Gasteiger partial charge in [-0.2, -0.15) is 26.3 Å². The molecular weight excluding hydrogens is 488 g/mol. The third-order valence-electron chi connectivity index (χ3n) is 5.07. The normalized spacial score (nSPS) is 13.5. The van der Waals surface area contributed by atoms with Crippen molar-refractivity contribution in [1.82, 2.24) is 5.32 Å². The minimum Gasteiger partial charge on any atom is -0.444 e. The lowest BCUT2D eigenvalue weighted by atomic mass is 9.91. The first-order chi connectivity index (χ1) is 16.5. The van der Waals surface area contributed by atoms with Crippen LogP contribution in [-0.2, 0) is 22.3 Å². The molecule has 36 heavy (non-hydrogen) atoms. The number of hydrogen-bond acceptors (Lipinski definition) is 3. The molecule has 1 unspecified atom stereocenters. The molecule has 2 rings (SSSR count). The quantitative estimate of drug-likeness (QED) is 0.310. The summed E-state index contributed by atoms with van der Waals surface area (Å²) >= 11 is 0. The zero-order valence-electron chi connectivity index (χ0n) is 20.2.